The van der Waals surface area contributed by atoms with E-state index in [1.54, 1.807) is 24.3 Å². The molecule has 0 saturated heterocycles. The summed E-state index contributed by atoms with van der Waals surface area (Å²) in [4.78, 5) is 31.7. The summed E-state index contributed by atoms with van der Waals surface area (Å²) in [6.07, 6.45) is 3.78. The number of rotatable bonds is 4. The van der Waals surface area contributed by atoms with Crippen LogP contribution in [0.5, 0.6) is 0 Å². The van der Waals surface area contributed by atoms with Gasteiger partial charge in [0.1, 0.15) is 6.33 Å². The number of hydrogen-bond acceptors (Lipinski definition) is 5. The van der Waals surface area contributed by atoms with E-state index < -0.39 is 12.0 Å². The zero-order chi connectivity index (χ0) is 18.7. The first-order chi connectivity index (χ1) is 12.4. The second-order valence-corrected chi connectivity index (χ2v) is 6.83. The number of benzene rings is 1. The number of anilines is 2. The highest BCUT2D eigenvalue weighted by Crippen LogP contribution is 2.32. The number of hydrogen-bond donors (Lipinski definition) is 3. The van der Waals surface area contributed by atoms with Crippen molar-refractivity contribution >= 4 is 86.7 Å². The first-order valence-corrected chi connectivity index (χ1v) is 8.69. The van der Waals surface area contributed by atoms with Crippen LogP contribution in [0.2, 0.25) is 10.0 Å². The Morgan fingerprint density at radius 3 is 2.52 bits per heavy atom. The number of carboxylic acids is 1. The molecule has 0 fully saturated rings. The number of halogens is 3. The monoisotopic (exact) mass is 444 g/mol. The molecule has 3 aromatic rings. The fraction of sp³-hybridized carbons (Fsp3) is 0. The van der Waals surface area contributed by atoms with Crippen molar-refractivity contribution < 1.29 is 14.7 Å². The van der Waals surface area contributed by atoms with E-state index in [0.29, 0.717) is 25.1 Å². The highest BCUT2D eigenvalue weighted by molar-refractivity contribution is 7.20. The van der Waals surface area contributed by atoms with E-state index in [-0.39, 0.29) is 23.9 Å². The van der Waals surface area contributed by atoms with Gasteiger partial charge >= 0.3 is 12.0 Å². The number of fused-ring (bicyclic) bond motifs is 1. The molecular weight excluding hydrogens is 435 g/mol. The highest BCUT2D eigenvalue weighted by atomic mass is 35.5. The van der Waals surface area contributed by atoms with Crippen LogP contribution in [0.15, 0.2) is 36.7 Å². The summed E-state index contributed by atoms with van der Waals surface area (Å²) >= 11 is 13.3. The topological polar surface area (TPSA) is 104 Å². The van der Waals surface area contributed by atoms with E-state index >= 15 is 0 Å². The van der Waals surface area contributed by atoms with E-state index in [2.05, 4.69) is 20.6 Å². The number of urea groups is 1. The van der Waals surface area contributed by atoms with Crippen molar-refractivity contribution in [1.82, 2.24) is 9.97 Å². The SMILES string of the molecule is Cl.O=C(O)/C=C/c1cc2ncnc(NC(=O)Nc3c(Cl)cccc3Cl)c2s1. The van der Waals surface area contributed by atoms with Crippen molar-refractivity contribution in [3.05, 3.63) is 51.6 Å². The Labute approximate surface area is 173 Å². The zero-order valence-electron chi connectivity index (χ0n) is 13.3. The van der Waals surface area contributed by atoms with E-state index in [0.717, 1.165) is 6.08 Å². The van der Waals surface area contributed by atoms with Crippen LogP contribution in [-0.2, 0) is 4.79 Å². The lowest BCUT2D eigenvalue weighted by atomic mass is 10.3. The predicted molar refractivity (Wildman–Crippen MR) is 110 cm³/mol. The van der Waals surface area contributed by atoms with Gasteiger partial charge in [0.25, 0.3) is 0 Å². The molecule has 2 aromatic heterocycles. The predicted octanol–water partition coefficient (Wildman–Crippen LogP) is 5.16. The number of para-hydroxylation sites is 1. The third-order valence-electron chi connectivity index (χ3n) is 3.15. The number of aliphatic carboxylic acids is 1. The van der Waals surface area contributed by atoms with Crippen LogP contribution < -0.4 is 10.6 Å². The van der Waals surface area contributed by atoms with Crippen LogP contribution in [0.25, 0.3) is 16.3 Å². The van der Waals surface area contributed by atoms with Gasteiger partial charge in [0.15, 0.2) is 5.82 Å². The Morgan fingerprint density at radius 2 is 1.85 bits per heavy atom. The summed E-state index contributed by atoms with van der Waals surface area (Å²) in [5, 5.41) is 14.5. The summed E-state index contributed by atoms with van der Waals surface area (Å²) in [7, 11) is 0. The van der Waals surface area contributed by atoms with Gasteiger partial charge in [-0.15, -0.1) is 23.7 Å². The lowest BCUT2D eigenvalue weighted by Gasteiger charge is -2.10. The van der Waals surface area contributed by atoms with Crippen molar-refractivity contribution in [3.8, 4) is 0 Å². The molecule has 0 radical (unpaired) electrons. The minimum Gasteiger partial charge on any atom is -0.478 e. The van der Waals surface area contributed by atoms with Gasteiger partial charge in [-0.2, -0.15) is 0 Å². The van der Waals surface area contributed by atoms with Crippen LogP contribution in [0.1, 0.15) is 4.88 Å². The van der Waals surface area contributed by atoms with Crippen molar-refractivity contribution in [1.29, 1.82) is 0 Å². The molecule has 0 aliphatic carbocycles. The van der Waals surface area contributed by atoms with Gasteiger partial charge in [-0.3, -0.25) is 5.32 Å². The molecule has 0 atom stereocenters. The second kappa shape index (κ2) is 9.01. The average molecular weight is 446 g/mol. The highest BCUT2D eigenvalue weighted by Gasteiger charge is 2.13. The third kappa shape index (κ3) is 5.08. The molecule has 3 rings (SSSR count). The largest absolute Gasteiger partial charge is 0.478 e. The average Bonchev–Trinajstić information content (AvgIpc) is 3.01. The first-order valence-electron chi connectivity index (χ1n) is 7.11. The number of nitrogens with one attached hydrogen (secondary N) is 2. The molecule has 0 bridgehead atoms. The summed E-state index contributed by atoms with van der Waals surface area (Å²) in [5.74, 6) is -0.765. The number of nitrogens with zero attached hydrogens (tertiary/aromatic N) is 2. The van der Waals surface area contributed by atoms with Crippen molar-refractivity contribution in [2.75, 3.05) is 10.6 Å². The molecule has 27 heavy (non-hydrogen) atoms. The molecule has 0 spiro atoms. The molecule has 0 saturated carbocycles. The first kappa shape index (κ1) is 20.9. The van der Waals surface area contributed by atoms with Gasteiger partial charge in [0.2, 0.25) is 0 Å². The zero-order valence-corrected chi connectivity index (χ0v) is 16.4. The van der Waals surface area contributed by atoms with E-state index in [1.165, 1.54) is 23.7 Å². The minimum atomic E-state index is -1.05. The standard InChI is InChI=1S/C16H10Cl2N4O3S.ClH/c17-9-2-1-3-10(18)13(9)21-16(25)22-15-14-11(19-7-20-15)6-8(26-14)4-5-12(23)24;/h1-7H,(H,23,24)(H2,19,20,21,22,25);1H/b5-4+;. The summed E-state index contributed by atoms with van der Waals surface area (Å²) < 4.78 is 0.609. The molecule has 140 valence electrons. The summed E-state index contributed by atoms with van der Waals surface area (Å²) in [5.41, 5.74) is 0.871. The Bertz CT molecular complexity index is 1020. The quantitative estimate of drug-likeness (QED) is 0.481. The maximum atomic E-state index is 12.3. The van der Waals surface area contributed by atoms with Gasteiger partial charge in [-0.25, -0.2) is 19.6 Å². The van der Waals surface area contributed by atoms with Gasteiger partial charge < -0.3 is 10.4 Å². The lowest BCUT2D eigenvalue weighted by Crippen LogP contribution is -2.20. The fourth-order valence-electron chi connectivity index (χ4n) is 2.07. The maximum Gasteiger partial charge on any atom is 0.328 e. The lowest BCUT2D eigenvalue weighted by molar-refractivity contribution is -0.131. The van der Waals surface area contributed by atoms with E-state index in [1.807, 2.05) is 0 Å². The summed E-state index contributed by atoms with van der Waals surface area (Å²) in [6, 6.07) is 6.00. The molecule has 7 nitrogen and oxygen atoms in total. The Kier molecular flexibility index (Phi) is 6.98. The van der Waals surface area contributed by atoms with Crippen molar-refractivity contribution in [2.24, 2.45) is 0 Å². The van der Waals surface area contributed by atoms with Crippen LogP contribution >= 0.6 is 46.9 Å². The molecule has 2 heterocycles. The Hall–Kier alpha value is -2.39. The van der Waals surface area contributed by atoms with Crippen molar-refractivity contribution in [3.63, 3.8) is 0 Å². The molecule has 0 aliphatic rings. The molecule has 3 N–H and O–H groups in total. The van der Waals surface area contributed by atoms with E-state index in [4.69, 9.17) is 28.3 Å². The van der Waals surface area contributed by atoms with Crippen LogP contribution in [0, 0.1) is 0 Å². The van der Waals surface area contributed by atoms with Crippen molar-refractivity contribution in [2.45, 2.75) is 0 Å². The number of carboxylic acid groups (broad SMARTS) is 1. The smallest absolute Gasteiger partial charge is 0.328 e. The van der Waals surface area contributed by atoms with Gasteiger partial charge in [0, 0.05) is 11.0 Å². The molecule has 2 amide bonds. The van der Waals surface area contributed by atoms with E-state index in [9.17, 15) is 9.59 Å². The number of amides is 2. The number of carbonyl (C=O) groups is 2. The molecular formula is C16H11Cl3N4O3S. The molecule has 1 aromatic carbocycles. The minimum absolute atomic E-state index is 0. The Morgan fingerprint density at radius 1 is 1.15 bits per heavy atom. The fourth-order valence-corrected chi connectivity index (χ4v) is 3.52. The Balaban J connectivity index is 0.00000261. The number of thiophene rings is 1. The normalized spacial score (nSPS) is 10.6. The van der Waals surface area contributed by atoms with Crippen LogP contribution in [0.3, 0.4) is 0 Å². The second-order valence-electron chi connectivity index (χ2n) is 4.93. The van der Waals surface area contributed by atoms with Crippen LogP contribution in [-0.4, -0.2) is 27.1 Å². The summed E-state index contributed by atoms with van der Waals surface area (Å²) in [6.45, 7) is 0. The van der Waals surface area contributed by atoms with Gasteiger partial charge in [-0.1, -0.05) is 29.3 Å². The van der Waals surface area contributed by atoms with Gasteiger partial charge in [0.05, 0.1) is 25.9 Å². The molecule has 11 heteroatoms. The number of aromatic nitrogens is 2. The molecule has 0 aliphatic heterocycles. The number of carbonyl (C=O) groups excluding carboxylic acids is 1. The third-order valence-corrected chi connectivity index (χ3v) is 4.88. The molecule has 0 unspecified atom stereocenters. The van der Waals surface area contributed by atoms with Crippen LogP contribution in [0.4, 0.5) is 16.3 Å². The van der Waals surface area contributed by atoms with Gasteiger partial charge in [-0.05, 0) is 24.3 Å². The maximum absolute atomic E-state index is 12.3.